The van der Waals surface area contributed by atoms with Crippen molar-refractivity contribution in [3.05, 3.63) is 59.2 Å². The molecule has 0 aliphatic rings. The van der Waals surface area contributed by atoms with Crippen LogP contribution in [0.5, 0.6) is 0 Å². The highest BCUT2D eigenvalue weighted by molar-refractivity contribution is 5.74. The van der Waals surface area contributed by atoms with Crippen molar-refractivity contribution in [1.82, 2.24) is 15.1 Å². The van der Waals surface area contributed by atoms with Gasteiger partial charge >= 0.3 is 0 Å². The summed E-state index contributed by atoms with van der Waals surface area (Å²) in [5.74, 6) is 1.10. The van der Waals surface area contributed by atoms with Crippen LogP contribution >= 0.6 is 0 Å². The first-order chi connectivity index (χ1) is 10.1. The Morgan fingerprint density at radius 3 is 2.67 bits per heavy atom. The van der Waals surface area contributed by atoms with Gasteiger partial charge in [0.15, 0.2) is 5.82 Å². The largest absolute Gasteiger partial charge is 0.398 e. The van der Waals surface area contributed by atoms with Gasteiger partial charge in [0.05, 0.1) is 5.56 Å². The highest BCUT2D eigenvalue weighted by Gasteiger charge is 2.14. The van der Waals surface area contributed by atoms with Crippen LogP contribution in [0, 0.1) is 13.8 Å². The second kappa shape index (κ2) is 5.36. The molecule has 0 spiro atoms. The molecule has 0 aliphatic carbocycles. The quantitative estimate of drug-likeness (QED) is 0.746. The fraction of sp³-hybridized carbons (Fsp3) is 0.188. The number of hydrogen-bond donors (Lipinski definition) is 1. The molecule has 0 saturated carbocycles. The first-order valence-electron chi connectivity index (χ1n) is 6.72. The number of aromatic nitrogens is 3. The minimum absolute atomic E-state index is 0.461. The summed E-state index contributed by atoms with van der Waals surface area (Å²) >= 11 is 0. The number of hydrogen-bond acceptors (Lipinski definition) is 5. The van der Waals surface area contributed by atoms with Gasteiger partial charge in [-0.25, -0.2) is 0 Å². The Morgan fingerprint density at radius 1 is 1.14 bits per heavy atom. The summed E-state index contributed by atoms with van der Waals surface area (Å²) in [6.07, 6.45) is 4.10. The Balaban J connectivity index is 1.92. The van der Waals surface area contributed by atoms with Gasteiger partial charge in [0.1, 0.15) is 0 Å². The maximum atomic E-state index is 6.11. The van der Waals surface area contributed by atoms with Crippen molar-refractivity contribution in [2.75, 3.05) is 5.73 Å². The van der Waals surface area contributed by atoms with Crippen molar-refractivity contribution >= 4 is 5.69 Å². The third-order valence-electron chi connectivity index (χ3n) is 3.34. The molecule has 1 aromatic carbocycles. The van der Waals surface area contributed by atoms with Crippen LogP contribution in [0.3, 0.4) is 0 Å². The summed E-state index contributed by atoms with van der Waals surface area (Å²) in [5.41, 5.74) is 10.8. The van der Waals surface area contributed by atoms with Gasteiger partial charge < -0.3 is 10.3 Å². The second-order valence-corrected chi connectivity index (χ2v) is 5.09. The van der Waals surface area contributed by atoms with Crippen LogP contribution in [0.25, 0.3) is 11.5 Å². The summed E-state index contributed by atoms with van der Waals surface area (Å²) in [7, 11) is 0. The van der Waals surface area contributed by atoms with E-state index in [-0.39, 0.29) is 0 Å². The van der Waals surface area contributed by atoms with Crippen molar-refractivity contribution in [2.24, 2.45) is 0 Å². The molecular formula is C16H16N4O. The normalized spacial score (nSPS) is 10.8. The lowest BCUT2D eigenvalue weighted by molar-refractivity contribution is 0.424. The van der Waals surface area contributed by atoms with Crippen LogP contribution in [0.4, 0.5) is 5.69 Å². The van der Waals surface area contributed by atoms with E-state index in [4.69, 9.17) is 10.3 Å². The molecule has 0 saturated heterocycles. The monoisotopic (exact) mass is 280 g/mol. The van der Waals surface area contributed by atoms with Crippen LogP contribution in [0.2, 0.25) is 0 Å². The van der Waals surface area contributed by atoms with Gasteiger partial charge in [-0.1, -0.05) is 11.2 Å². The number of aryl methyl sites for hydroxylation is 2. The van der Waals surface area contributed by atoms with Gasteiger partial charge in [-0.05, 0) is 48.7 Å². The fourth-order valence-electron chi connectivity index (χ4n) is 2.27. The van der Waals surface area contributed by atoms with E-state index in [0.717, 1.165) is 22.3 Å². The van der Waals surface area contributed by atoms with Crippen LogP contribution in [0.15, 0.2) is 41.2 Å². The minimum Gasteiger partial charge on any atom is -0.398 e. The Morgan fingerprint density at radius 2 is 1.90 bits per heavy atom. The summed E-state index contributed by atoms with van der Waals surface area (Å²) in [6.45, 7) is 3.99. The molecule has 2 N–H and O–H groups in total. The van der Waals surface area contributed by atoms with E-state index in [0.29, 0.717) is 23.8 Å². The third kappa shape index (κ3) is 2.76. The molecule has 21 heavy (non-hydrogen) atoms. The molecule has 5 heteroatoms. The lowest BCUT2D eigenvalue weighted by atomic mass is 10.0. The van der Waals surface area contributed by atoms with E-state index in [2.05, 4.69) is 15.1 Å². The Labute approximate surface area is 122 Å². The molecular weight excluding hydrogens is 264 g/mol. The number of nitrogens with zero attached hydrogens (tertiary/aromatic N) is 3. The smallest absolute Gasteiger partial charge is 0.260 e. The molecule has 106 valence electrons. The van der Waals surface area contributed by atoms with E-state index in [1.807, 2.05) is 38.1 Å². The highest BCUT2D eigenvalue weighted by Crippen LogP contribution is 2.28. The molecule has 5 nitrogen and oxygen atoms in total. The van der Waals surface area contributed by atoms with Gasteiger partial charge in [-0.2, -0.15) is 4.98 Å². The molecule has 0 fully saturated rings. The number of rotatable bonds is 3. The Hall–Kier alpha value is -2.69. The summed E-state index contributed by atoms with van der Waals surface area (Å²) in [6, 6.07) is 7.86. The van der Waals surface area contributed by atoms with E-state index >= 15 is 0 Å². The molecule has 0 radical (unpaired) electrons. The predicted octanol–water partition coefficient (Wildman–Crippen LogP) is 2.92. The SMILES string of the molecule is Cc1cc(C)c(N)c(-c2nc(Cc3ccncc3)no2)c1. The minimum atomic E-state index is 0.461. The molecule has 2 aromatic heterocycles. The number of benzene rings is 1. The molecule has 0 amide bonds. The zero-order valence-corrected chi connectivity index (χ0v) is 12.0. The predicted molar refractivity (Wildman–Crippen MR) is 80.7 cm³/mol. The van der Waals surface area contributed by atoms with Crippen molar-refractivity contribution < 1.29 is 4.52 Å². The van der Waals surface area contributed by atoms with Gasteiger partial charge in [0.25, 0.3) is 5.89 Å². The maximum Gasteiger partial charge on any atom is 0.260 e. The van der Waals surface area contributed by atoms with E-state index in [9.17, 15) is 0 Å². The zero-order valence-electron chi connectivity index (χ0n) is 12.0. The third-order valence-corrected chi connectivity index (χ3v) is 3.34. The molecule has 0 bridgehead atoms. The average molecular weight is 280 g/mol. The number of pyridine rings is 1. The molecule has 2 heterocycles. The lowest BCUT2D eigenvalue weighted by Crippen LogP contribution is -1.95. The van der Waals surface area contributed by atoms with Crippen molar-refractivity contribution in [3.8, 4) is 11.5 Å². The summed E-state index contributed by atoms with van der Waals surface area (Å²) in [4.78, 5) is 8.43. The maximum absolute atomic E-state index is 6.11. The van der Waals surface area contributed by atoms with E-state index < -0.39 is 0 Å². The van der Waals surface area contributed by atoms with Crippen molar-refractivity contribution in [3.63, 3.8) is 0 Å². The van der Waals surface area contributed by atoms with Gasteiger partial charge in [0.2, 0.25) is 0 Å². The fourth-order valence-corrected chi connectivity index (χ4v) is 2.27. The summed E-state index contributed by atoms with van der Waals surface area (Å²) in [5, 5.41) is 4.03. The first-order valence-corrected chi connectivity index (χ1v) is 6.72. The van der Waals surface area contributed by atoms with Crippen molar-refractivity contribution in [2.45, 2.75) is 20.3 Å². The molecule has 0 atom stereocenters. The highest BCUT2D eigenvalue weighted by atomic mass is 16.5. The Bertz CT molecular complexity index is 765. The number of nitrogen functional groups attached to an aromatic ring is 1. The summed E-state index contributed by atoms with van der Waals surface area (Å²) < 4.78 is 5.36. The van der Waals surface area contributed by atoms with Crippen LogP contribution in [-0.4, -0.2) is 15.1 Å². The van der Waals surface area contributed by atoms with Crippen molar-refractivity contribution in [1.29, 1.82) is 0 Å². The molecule has 0 unspecified atom stereocenters. The Kier molecular flexibility index (Phi) is 3.39. The number of anilines is 1. The van der Waals surface area contributed by atoms with Crippen LogP contribution < -0.4 is 5.73 Å². The molecule has 3 rings (SSSR count). The van der Waals surface area contributed by atoms with Gasteiger partial charge in [0, 0.05) is 24.5 Å². The topological polar surface area (TPSA) is 77.8 Å². The second-order valence-electron chi connectivity index (χ2n) is 5.09. The van der Waals surface area contributed by atoms with Crippen LogP contribution in [0.1, 0.15) is 22.5 Å². The van der Waals surface area contributed by atoms with Gasteiger partial charge in [-0.3, -0.25) is 4.98 Å². The van der Waals surface area contributed by atoms with Crippen LogP contribution in [-0.2, 0) is 6.42 Å². The van der Waals surface area contributed by atoms with E-state index in [1.165, 1.54) is 0 Å². The number of nitrogens with two attached hydrogens (primary N) is 1. The zero-order chi connectivity index (χ0) is 14.8. The standard InChI is InChI=1S/C16H16N4O/c1-10-7-11(2)15(17)13(8-10)16-19-14(20-21-16)9-12-3-5-18-6-4-12/h3-8H,9,17H2,1-2H3. The van der Waals surface area contributed by atoms with Gasteiger partial charge in [-0.15, -0.1) is 0 Å². The molecule has 0 aliphatic heterocycles. The lowest BCUT2D eigenvalue weighted by Gasteiger charge is -2.06. The van der Waals surface area contributed by atoms with E-state index in [1.54, 1.807) is 12.4 Å². The molecule has 3 aromatic rings. The average Bonchev–Trinajstić information content (AvgIpc) is 2.92. The first kappa shape index (κ1) is 13.3.